The summed E-state index contributed by atoms with van der Waals surface area (Å²) in [6.07, 6.45) is 7.06. The van der Waals surface area contributed by atoms with Crippen LogP contribution in [-0.4, -0.2) is 69.0 Å². The highest BCUT2D eigenvalue weighted by atomic mass is 16.2. The summed E-state index contributed by atoms with van der Waals surface area (Å²) in [5.74, 6) is 1.37. The maximum absolute atomic E-state index is 13.1. The van der Waals surface area contributed by atoms with Gasteiger partial charge in [0.1, 0.15) is 24.3 Å². The van der Waals surface area contributed by atoms with Crippen LogP contribution in [0.15, 0.2) is 61.4 Å². The van der Waals surface area contributed by atoms with Gasteiger partial charge >= 0.3 is 0 Å². The van der Waals surface area contributed by atoms with Crippen molar-refractivity contribution in [2.45, 2.75) is 6.42 Å². The molecule has 0 radical (unpaired) electrons. The molecule has 0 bridgehead atoms. The lowest BCUT2D eigenvalue weighted by Crippen LogP contribution is -2.51. The molecule has 0 N–H and O–H groups in total. The van der Waals surface area contributed by atoms with Crippen molar-refractivity contribution >= 4 is 23.3 Å². The predicted octanol–water partition coefficient (Wildman–Crippen LogP) is 1.36. The Balaban J connectivity index is 1.21. The molecule has 0 spiro atoms. The van der Waals surface area contributed by atoms with Crippen LogP contribution in [0.5, 0.6) is 0 Å². The molecule has 2 aliphatic heterocycles. The fourth-order valence-electron chi connectivity index (χ4n) is 4.19. The number of hydrogen-bond donors (Lipinski definition) is 0. The fraction of sp³-hybridized carbons (Fsp3) is 0.318. The zero-order valence-electron chi connectivity index (χ0n) is 17.0. The van der Waals surface area contributed by atoms with Crippen molar-refractivity contribution < 1.29 is 9.59 Å². The molecule has 2 saturated heterocycles. The third kappa shape index (κ3) is 3.86. The molecule has 4 heterocycles. The molecule has 2 amide bonds. The minimum Gasteiger partial charge on any atom is -0.353 e. The van der Waals surface area contributed by atoms with Crippen molar-refractivity contribution in [1.29, 1.82) is 0 Å². The van der Waals surface area contributed by atoms with E-state index < -0.39 is 0 Å². The second-order valence-corrected chi connectivity index (χ2v) is 7.76. The van der Waals surface area contributed by atoms with Crippen molar-refractivity contribution in [3.8, 4) is 5.82 Å². The number of rotatable bonds is 4. The van der Waals surface area contributed by atoms with Gasteiger partial charge in [0.05, 0.1) is 5.92 Å². The van der Waals surface area contributed by atoms with E-state index in [1.165, 1.54) is 0 Å². The summed E-state index contributed by atoms with van der Waals surface area (Å²) in [4.78, 5) is 44.0. The summed E-state index contributed by atoms with van der Waals surface area (Å²) in [5, 5.41) is 0. The van der Waals surface area contributed by atoms with Gasteiger partial charge in [0, 0.05) is 63.3 Å². The van der Waals surface area contributed by atoms with E-state index in [9.17, 15) is 9.59 Å². The quantitative estimate of drug-likeness (QED) is 0.637. The number of hydrogen-bond acceptors (Lipinski definition) is 6. The van der Waals surface area contributed by atoms with Gasteiger partial charge in [-0.15, -0.1) is 0 Å². The molecule has 5 rings (SSSR count). The number of carbonyl (C=O) groups excluding carboxylic acids is 2. The van der Waals surface area contributed by atoms with Gasteiger partial charge in [-0.05, 0) is 12.1 Å². The van der Waals surface area contributed by atoms with Crippen molar-refractivity contribution in [3.63, 3.8) is 0 Å². The largest absolute Gasteiger partial charge is 0.353 e. The Bertz CT molecular complexity index is 1060. The maximum Gasteiger partial charge on any atom is 0.228 e. The number of piperazine rings is 1. The van der Waals surface area contributed by atoms with Crippen molar-refractivity contribution in [3.05, 3.63) is 61.4 Å². The molecule has 1 unspecified atom stereocenters. The summed E-state index contributed by atoms with van der Waals surface area (Å²) >= 11 is 0. The first kappa shape index (κ1) is 19.2. The van der Waals surface area contributed by atoms with Gasteiger partial charge < -0.3 is 14.7 Å². The number of carbonyl (C=O) groups is 2. The lowest BCUT2D eigenvalue weighted by atomic mass is 10.1. The van der Waals surface area contributed by atoms with E-state index in [4.69, 9.17) is 0 Å². The normalized spacial score (nSPS) is 19.2. The van der Waals surface area contributed by atoms with Crippen LogP contribution in [0.3, 0.4) is 0 Å². The minimum atomic E-state index is -0.286. The molecule has 1 aromatic carbocycles. The highest BCUT2D eigenvalue weighted by Crippen LogP contribution is 2.27. The standard InChI is InChI=1S/C22H23N7O2/c30-21-12-17(14-29(21)18-4-2-1-3-5-18)22(31)27-10-8-26(9-11-27)19-13-20(25-15-24-19)28-7-6-23-16-28/h1-7,13,15-17H,8-12,14H2. The first-order valence-corrected chi connectivity index (χ1v) is 10.4. The Morgan fingerprint density at radius 1 is 1.00 bits per heavy atom. The molecule has 158 valence electrons. The van der Waals surface area contributed by atoms with Crippen LogP contribution < -0.4 is 9.80 Å². The molecule has 9 nitrogen and oxygen atoms in total. The summed E-state index contributed by atoms with van der Waals surface area (Å²) < 4.78 is 1.83. The summed E-state index contributed by atoms with van der Waals surface area (Å²) in [5.41, 5.74) is 0.852. The van der Waals surface area contributed by atoms with Gasteiger partial charge in [-0.1, -0.05) is 18.2 Å². The molecular formula is C22H23N7O2. The smallest absolute Gasteiger partial charge is 0.228 e. The molecule has 3 aromatic rings. The molecule has 0 saturated carbocycles. The van der Waals surface area contributed by atoms with Crippen LogP contribution in [-0.2, 0) is 9.59 Å². The Morgan fingerprint density at radius 2 is 1.77 bits per heavy atom. The molecular weight excluding hydrogens is 394 g/mol. The predicted molar refractivity (Wildman–Crippen MR) is 115 cm³/mol. The average Bonchev–Trinajstić information content (AvgIpc) is 3.50. The number of imidazole rings is 1. The van der Waals surface area contributed by atoms with E-state index in [1.807, 2.05) is 52.1 Å². The lowest BCUT2D eigenvalue weighted by molar-refractivity contribution is -0.136. The second-order valence-electron chi connectivity index (χ2n) is 7.76. The number of aromatic nitrogens is 4. The van der Waals surface area contributed by atoms with Crippen LogP contribution in [0, 0.1) is 5.92 Å². The molecule has 1 atom stereocenters. The lowest BCUT2D eigenvalue weighted by Gasteiger charge is -2.36. The van der Waals surface area contributed by atoms with E-state index >= 15 is 0 Å². The molecule has 31 heavy (non-hydrogen) atoms. The summed E-state index contributed by atoms with van der Waals surface area (Å²) in [7, 11) is 0. The van der Waals surface area contributed by atoms with Gasteiger partial charge in [0.15, 0.2) is 0 Å². The third-order valence-electron chi connectivity index (χ3n) is 5.86. The Hall–Kier alpha value is -3.75. The topological polar surface area (TPSA) is 87.5 Å². The number of anilines is 2. The monoisotopic (exact) mass is 417 g/mol. The van der Waals surface area contributed by atoms with Crippen molar-refractivity contribution in [2.24, 2.45) is 5.92 Å². The highest BCUT2D eigenvalue weighted by Gasteiger charge is 2.38. The molecule has 2 aliphatic rings. The van der Waals surface area contributed by atoms with Crippen LogP contribution in [0.4, 0.5) is 11.5 Å². The van der Waals surface area contributed by atoms with Crippen LogP contribution in [0.25, 0.3) is 5.82 Å². The SMILES string of the molecule is O=C(C1CC(=O)N(c2ccccc2)C1)N1CCN(c2cc(-n3ccnc3)ncn2)CC1. The number of nitrogens with zero attached hydrogens (tertiary/aromatic N) is 7. The molecule has 2 fully saturated rings. The zero-order valence-corrected chi connectivity index (χ0v) is 17.0. The first-order chi connectivity index (χ1) is 15.2. The van der Waals surface area contributed by atoms with Crippen molar-refractivity contribution in [1.82, 2.24) is 24.4 Å². The van der Waals surface area contributed by atoms with Crippen LogP contribution in [0.2, 0.25) is 0 Å². The Labute approximate surface area is 179 Å². The second kappa shape index (κ2) is 8.17. The molecule has 9 heteroatoms. The highest BCUT2D eigenvalue weighted by molar-refractivity contribution is 6.00. The number of para-hydroxylation sites is 1. The molecule has 2 aromatic heterocycles. The maximum atomic E-state index is 13.1. The van der Waals surface area contributed by atoms with Gasteiger partial charge in [-0.2, -0.15) is 0 Å². The van der Waals surface area contributed by atoms with Gasteiger partial charge in [0.25, 0.3) is 0 Å². The van der Waals surface area contributed by atoms with Gasteiger partial charge in [-0.3, -0.25) is 14.2 Å². The number of amides is 2. The van der Waals surface area contributed by atoms with Gasteiger partial charge in [-0.25, -0.2) is 15.0 Å². The van der Waals surface area contributed by atoms with E-state index in [0.29, 0.717) is 32.7 Å². The van der Waals surface area contributed by atoms with E-state index in [0.717, 1.165) is 17.3 Å². The van der Waals surface area contributed by atoms with E-state index in [1.54, 1.807) is 23.8 Å². The average molecular weight is 417 g/mol. The van der Waals surface area contributed by atoms with Crippen molar-refractivity contribution in [2.75, 3.05) is 42.5 Å². The van der Waals surface area contributed by atoms with Crippen LogP contribution >= 0.6 is 0 Å². The summed E-state index contributed by atoms with van der Waals surface area (Å²) in [6.45, 7) is 3.05. The Morgan fingerprint density at radius 3 is 2.52 bits per heavy atom. The van der Waals surface area contributed by atoms with Gasteiger partial charge in [0.2, 0.25) is 11.8 Å². The third-order valence-corrected chi connectivity index (χ3v) is 5.86. The fourth-order valence-corrected chi connectivity index (χ4v) is 4.19. The summed E-state index contributed by atoms with van der Waals surface area (Å²) in [6, 6.07) is 11.5. The first-order valence-electron chi connectivity index (χ1n) is 10.4. The zero-order chi connectivity index (χ0) is 21.2. The number of benzene rings is 1. The Kier molecular flexibility index (Phi) is 5.07. The molecule has 0 aliphatic carbocycles. The minimum absolute atomic E-state index is 0.0104. The van der Waals surface area contributed by atoms with E-state index in [-0.39, 0.29) is 24.2 Å². The van der Waals surface area contributed by atoms with Crippen LogP contribution in [0.1, 0.15) is 6.42 Å². The van der Waals surface area contributed by atoms with E-state index in [2.05, 4.69) is 19.9 Å².